The van der Waals surface area contributed by atoms with Gasteiger partial charge in [-0.1, -0.05) is 43.9 Å². The molecule has 0 saturated heterocycles. The second kappa shape index (κ2) is 6.79. The van der Waals surface area contributed by atoms with E-state index < -0.39 is 0 Å². The van der Waals surface area contributed by atoms with Crippen molar-refractivity contribution in [1.29, 1.82) is 0 Å². The van der Waals surface area contributed by atoms with E-state index in [-0.39, 0.29) is 6.10 Å². The zero-order valence-corrected chi connectivity index (χ0v) is 11.3. The SMILES string of the molecule is CC(Cc1ccccc1O)OC1CCCCCC1. The van der Waals surface area contributed by atoms with Gasteiger partial charge < -0.3 is 9.84 Å². The van der Waals surface area contributed by atoms with Crippen LogP contribution in [0.25, 0.3) is 0 Å². The van der Waals surface area contributed by atoms with E-state index in [9.17, 15) is 5.11 Å². The molecule has 100 valence electrons. The van der Waals surface area contributed by atoms with Gasteiger partial charge in [-0.2, -0.15) is 0 Å². The molecule has 2 nitrogen and oxygen atoms in total. The first kappa shape index (κ1) is 13.4. The van der Waals surface area contributed by atoms with Gasteiger partial charge in [0.1, 0.15) is 5.75 Å². The number of hydrogen-bond donors (Lipinski definition) is 1. The number of benzene rings is 1. The van der Waals surface area contributed by atoms with Gasteiger partial charge in [0.05, 0.1) is 12.2 Å². The molecule has 1 aliphatic carbocycles. The first-order valence-electron chi connectivity index (χ1n) is 7.18. The van der Waals surface area contributed by atoms with Crippen LogP contribution in [0.15, 0.2) is 24.3 Å². The summed E-state index contributed by atoms with van der Waals surface area (Å²) in [5, 5.41) is 9.75. The largest absolute Gasteiger partial charge is 0.508 e. The fourth-order valence-electron chi connectivity index (χ4n) is 2.75. The van der Waals surface area contributed by atoms with Gasteiger partial charge in [-0.3, -0.25) is 0 Å². The summed E-state index contributed by atoms with van der Waals surface area (Å²) in [5.41, 5.74) is 0.985. The maximum Gasteiger partial charge on any atom is 0.118 e. The minimum absolute atomic E-state index is 0.182. The van der Waals surface area contributed by atoms with E-state index in [2.05, 4.69) is 6.92 Å². The van der Waals surface area contributed by atoms with Gasteiger partial charge in [0.15, 0.2) is 0 Å². The molecule has 1 N–H and O–H groups in total. The Hall–Kier alpha value is -1.02. The van der Waals surface area contributed by atoms with E-state index in [0.717, 1.165) is 12.0 Å². The van der Waals surface area contributed by atoms with Crippen molar-refractivity contribution >= 4 is 0 Å². The molecule has 1 fully saturated rings. The van der Waals surface area contributed by atoms with E-state index in [1.54, 1.807) is 6.07 Å². The molecule has 1 atom stereocenters. The van der Waals surface area contributed by atoms with Gasteiger partial charge in [-0.25, -0.2) is 0 Å². The average Bonchev–Trinajstić information content (AvgIpc) is 2.61. The van der Waals surface area contributed by atoms with Crippen molar-refractivity contribution in [2.75, 3.05) is 0 Å². The van der Waals surface area contributed by atoms with E-state index in [4.69, 9.17) is 4.74 Å². The van der Waals surface area contributed by atoms with E-state index >= 15 is 0 Å². The summed E-state index contributed by atoms with van der Waals surface area (Å²) in [7, 11) is 0. The molecule has 0 radical (unpaired) electrons. The van der Waals surface area contributed by atoms with Crippen molar-refractivity contribution in [3.63, 3.8) is 0 Å². The topological polar surface area (TPSA) is 29.5 Å². The zero-order valence-electron chi connectivity index (χ0n) is 11.3. The lowest BCUT2D eigenvalue weighted by atomic mass is 10.1. The molecule has 2 rings (SSSR count). The van der Waals surface area contributed by atoms with Crippen LogP contribution in [0, 0.1) is 0 Å². The molecule has 1 aromatic rings. The Balaban J connectivity index is 1.84. The van der Waals surface area contributed by atoms with Crippen molar-refractivity contribution in [2.45, 2.75) is 64.1 Å². The van der Waals surface area contributed by atoms with Gasteiger partial charge in [0.2, 0.25) is 0 Å². The van der Waals surface area contributed by atoms with Gasteiger partial charge in [-0.05, 0) is 31.4 Å². The standard InChI is InChI=1S/C16H24O2/c1-13(12-14-8-6-7-11-16(14)17)18-15-9-4-2-3-5-10-15/h6-8,11,13,15,17H,2-5,9-10,12H2,1H3. The molecule has 0 spiro atoms. The average molecular weight is 248 g/mol. The Bertz CT molecular complexity index is 354. The summed E-state index contributed by atoms with van der Waals surface area (Å²) in [6.45, 7) is 2.11. The molecule has 0 heterocycles. The smallest absolute Gasteiger partial charge is 0.118 e. The van der Waals surface area contributed by atoms with Crippen LogP contribution in [0.4, 0.5) is 0 Å². The Kier molecular flexibility index (Phi) is 5.06. The van der Waals surface area contributed by atoms with Crippen LogP contribution in [0.5, 0.6) is 5.75 Å². The molecule has 2 heteroatoms. The second-order valence-electron chi connectivity index (χ2n) is 5.39. The van der Waals surface area contributed by atoms with Crippen molar-refractivity contribution in [3.05, 3.63) is 29.8 Å². The molecule has 0 amide bonds. The highest BCUT2D eigenvalue weighted by Gasteiger charge is 2.16. The first-order valence-corrected chi connectivity index (χ1v) is 7.18. The van der Waals surface area contributed by atoms with Crippen molar-refractivity contribution < 1.29 is 9.84 Å². The fraction of sp³-hybridized carbons (Fsp3) is 0.625. The Morgan fingerprint density at radius 3 is 2.50 bits per heavy atom. The summed E-state index contributed by atoms with van der Waals surface area (Å²) in [4.78, 5) is 0. The lowest BCUT2D eigenvalue weighted by Crippen LogP contribution is -2.21. The highest BCUT2D eigenvalue weighted by Crippen LogP contribution is 2.23. The maximum atomic E-state index is 9.75. The lowest BCUT2D eigenvalue weighted by Gasteiger charge is -2.21. The van der Waals surface area contributed by atoms with Crippen LogP contribution in [-0.2, 0) is 11.2 Å². The third-order valence-corrected chi connectivity index (χ3v) is 3.73. The van der Waals surface area contributed by atoms with Crippen molar-refractivity contribution in [2.24, 2.45) is 0 Å². The molecule has 0 aliphatic heterocycles. The lowest BCUT2D eigenvalue weighted by molar-refractivity contribution is -0.00929. The van der Waals surface area contributed by atoms with Gasteiger partial charge >= 0.3 is 0 Å². The molecule has 1 saturated carbocycles. The van der Waals surface area contributed by atoms with Gasteiger partial charge in [-0.15, -0.1) is 0 Å². The molecular weight excluding hydrogens is 224 g/mol. The highest BCUT2D eigenvalue weighted by molar-refractivity contribution is 5.32. The molecule has 1 aliphatic rings. The van der Waals surface area contributed by atoms with E-state index in [0.29, 0.717) is 11.9 Å². The van der Waals surface area contributed by atoms with Crippen LogP contribution in [0.1, 0.15) is 51.0 Å². The summed E-state index contributed by atoms with van der Waals surface area (Å²) in [6.07, 6.45) is 9.11. The molecule has 1 aromatic carbocycles. The quantitative estimate of drug-likeness (QED) is 0.814. The van der Waals surface area contributed by atoms with Crippen molar-refractivity contribution in [1.82, 2.24) is 0 Å². The first-order chi connectivity index (χ1) is 8.75. The number of phenols is 1. The molecule has 0 bridgehead atoms. The summed E-state index contributed by atoms with van der Waals surface area (Å²) in [6, 6.07) is 7.54. The highest BCUT2D eigenvalue weighted by atomic mass is 16.5. The zero-order chi connectivity index (χ0) is 12.8. The third kappa shape index (κ3) is 4.02. The van der Waals surface area contributed by atoms with Gasteiger partial charge in [0, 0.05) is 6.42 Å². The Morgan fingerprint density at radius 2 is 1.83 bits per heavy atom. The Morgan fingerprint density at radius 1 is 1.17 bits per heavy atom. The fourth-order valence-corrected chi connectivity index (χ4v) is 2.75. The summed E-state index contributed by atoms with van der Waals surface area (Å²) < 4.78 is 6.12. The summed E-state index contributed by atoms with van der Waals surface area (Å²) >= 11 is 0. The predicted molar refractivity (Wildman–Crippen MR) is 73.8 cm³/mol. The monoisotopic (exact) mass is 248 g/mol. The normalized spacial score (nSPS) is 19.4. The summed E-state index contributed by atoms with van der Waals surface area (Å²) in [5.74, 6) is 0.383. The van der Waals surface area contributed by atoms with Crippen LogP contribution in [0.2, 0.25) is 0 Å². The molecular formula is C16H24O2. The van der Waals surface area contributed by atoms with Crippen LogP contribution in [-0.4, -0.2) is 17.3 Å². The molecule has 18 heavy (non-hydrogen) atoms. The van der Waals surface area contributed by atoms with Crippen molar-refractivity contribution in [3.8, 4) is 5.75 Å². The number of phenolic OH excluding ortho intramolecular Hbond substituents is 1. The van der Waals surface area contributed by atoms with Crippen LogP contribution in [0.3, 0.4) is 0 Å². The number of hydrogen-bond acceptors (Lipinski definition) is 2. The number of rotatable bonds is 4. The number of para-hydroxylation sites is 1. The number of ether oxygens (including phenoxy) is 1. The molecule has 1 unspecified atom stereocenters. The van der Waals surface area contributed by atoms with Gasteiger partial charge in [0.25, 0.3) is 0 Å². The predicted octanol–water partition coefficient (Wildman–Crippen LogP) is 4.06. The van der Waals surface area contributed by atoms with Crippen LogP contribution < -0.4 is 0 Å². The van der Waals surface area contributed by atoms with E-state index in [1.165, 1.54) is 38.5 Å². The Labute approximate surface area is 110 Å². The number of aromatic hydroxyl groups is 1. The minimum Gasteiger partial charge on any atom is -0.508 e. The maximum absolute atomic E-state index is 9.75. The third-order valence-electron chi connectivity index (χ3n) is 3.73. The minimum atomic E-state index is 0.182. The second-order valence-corrected chi connectivity index (χ2v) is 5.39. The molecule has 0 aromatic heterocycles. The van der Waals surface area contributed by atoms with Crippen LogP contribution >= 0.6 is 0 Å². The van der Waals surface area contributed by atoms with E-state index in [1.807, 2.05) is 18.2 Å².